The molecule has 1 amide bonds. The molecule has 30 heavy (non-hydrogen) atoms. The van der Waals surface area contributed by atoms with E-state index in [2.05, 4.69) is 14.8 Å². The van der Waals surface area contributed by atoms with E-state index < -0.39 is 0 Å². The predicted molar refractivity (Wildman–Crippen MR) is 123 cm³/mol. The van der Waals surface area contributed by atoms with Gasteiger partial charge in [-0.2, -0.15) is 0 Å². The van der Waals surface area contributed by atoms with Gasteiger partial charge in [0.05, 0.1) is 28.1 Å². The lowest BCUT2D eigenvalue weighted by molar-refractivity contribution is -0.113. The minimum Gasteiger partial charge on any atom is -0.494 e. The van der Waals surface area contributed by atoms with Gasteiger partial charge >= 0.3 is 0 Å². The number of anilines is 1. The number of rotatable bonds is 7. The van der Waals surface area contributed by atoms with Crippen LogP contribution < -0.4 is 4.90 Å². The number of unbranched alkanes of at least 4 members (excludes halogenated alkanes) is 1. The van der Waals surface area contributed by atoms with Crippen molar-refractivity contribution < 1.29 is 9.53 Å². The van der Waals surface area contributed by atoms with Crippen LogP contribution >= 0.6 is 23.2 Å². The summed E-state index contributed by atoms with van der Waals surface area (Å²) in [7, 11) is 0. The van der Waals surface area contributed by atoms with Gasteiger partial charge in [-0.05, 0) is 37.6 Å². The van der Waals surface area contributed by atoms with Crippen LogP contribution in [0.2, 0.25) is 10.0 Å². The van der Waals surface area contributed by atoms with Gasteiger partial charge in [0.15, 0.2) is 0 Å². The third-order valence-electron chi connectivity index (χ3n) is 5.57. The highest BCUT2D eigenvalue weighted by Gasteiger charge is 2.20. The molecule has 1 fully saturated rings. The molecular weight excluding hydrogens is 421 g/mol. The first-order valence-electron chi connectivity index (χ1n) is 10.3. The highest BCUT2D eigenvalue weighted by atomic mass is 35.5. The first-order chi connectivity index (χ1) is 14.6. The van der Waals surface area contributed by atoms with Gasteiger partial charge in [0.1, 0.15) is 5.76 Å². The van der Waals surface area contributed by atoms with Crippen LogP contribution in [0.15, 0.2) is 59.3 Å². The second kappa shape index (κ2) is 9.82. The molecule has 0 bridgehead atoms. The van der Waals surface area contributed by atoms with E-state index in [1.54, 1.807) is 0 Å². The number of benzene rings is 1. The Labute approximate surface area is 187 Å². The standard InChI is InChI=1S/C23H25Cl2N3O2/c24-19-4-3-5-21(23(19)25)28-13-11-27(12-14-28)10-1-2-15-30-18-8-6-17-7-9-22(29)26-20(17)16-18/h3-9,16-17H,1-2,10-15H2. The molecule has 2 heterocycles. The van der Waals surface area contributed by atoms with Crippen LogP contribution in [0.25, 0.3) is 0 Å². The van der Waals surface area contributed by atoms with Gasteiger partial charge in [0.2, 0.25) is 0 Å². The lowest BCUT2D eigenvalue weighted by Gasteiger charge is -2.36. The Balaban J connectivity index is 1.15. The maximum Gasteiger partial charge on any atom is 0.269 e. The smallest absolute Gasteiger partial charge is 0.269 e. The summed E-state index contributed by atoms with van der Waals surface area (Å²) in [5.74, 6) is 0.667. The van der Waals surface area contributed by atoms with Crippen LogP contribution in [0.3, 0.4) is 0 Å². The summed E-state index contributed by atoms with van der Waals surface area (Å²) in [4.78, 5) is 20.3. The number of hydrogen-bond acceptors (Lipinski definition) is 4. The molecule has 0 N–H and O–H groups in total. The van der Waals surface area contributed by atoms with Gasteiger partial charge in [-0.3, -0.25) is 9.69 Å². The first-order valence-corrected chi connectivity index (χ1v) is 11.1. The van der Waals surface area contributed by atoms with Crippen LogP contribution in [0.4, 0.5) is 5.69 Å². The van der Waals surface area contributed by atoms with Crippen molar-refractivity contribution in [1.29, 1.82) is 0 Å². The molecule has 1 aromatic rings. The number of nitrogens with zero attached hydrogens (tertiary/aromatic N) is 3. The number of carbonyl (C=O) groups is 1. The Kier molecular flexibility index (Phi) is 6.93. The molecule has 1 unspecified atom stereocenters. The van der Waals surface area contributed by atoms with E-state index in [1.165, 1.54) is 6.08 Å². The number of amides is 1. The highest BCUT2D eigenvalue weighted by molar-refractivity contribution is 6.43. The Morgan fingerprint density at radius 3 is 2.70 bits per heavy atom. The molecule has 3 aliphatic rings. The average molecular weight is 446 g/mol. The van der Waals surface area contributed by atoms with Crippen molar-refractivity contribution in [2.24, 2.45) is 10.9 Å². The Hall–Kier alpha value is -2.08. The lowest BCUT2D eigenvalue weighted by atomic mass is 9.95. The number of ether oxygens (including phenoxy) is 1. The van der Waals surface area contributed by atoms with Gasteiger partial charge in [-0.1, -0.05) is 41.4 Å². The molecule has 1 aromatic carbocycles. The molecule has 158 valence electrons. The largest absolute Gasteiger partial charge is 0.494 e. The zero-order valence-corrected chi connectivity index (χ0v) is 18.3. The zero-order valence-electron chi connectivity index (χ0n) is 16.8. The van der Waals surface area contributed by atoms with Crippen molar-refractivity contribution in [3.63, 3.8) is 0 Å². The van der Waals surface area contributed by atoms with E-state index in [0.717, 1.165) is 62.7 Å². The number of halogens is 2. The van der Waals surface area contributed by atoms with Crippen LogP contribution in [0.1, 0.15) is 12.8 Å². The van der Waals surface area contributed by atoms with Gasteiger partial charge in [0, 0.05) is 44.2 Å². The monoisotopic (exact) mass is 445 g/mol. The van der Waals surface area contributed by atoms with E-state index in [-0.39, 0.29) is 11.8 Å². The summed E-state index contributed by atoms with van der Waals surface area (Å²) in [6.07, 6.45) is 11.3. The van der Waals surface area contributed by atoms with E-state index in [1.807, 2.05) is 42.5 Å². The molecule has 5 nitrogen and oxygen atoms in total. The number of aliphatic imine (C=N–C) groups is 1. The highest BCUT2D eigenvalue weighted by Crippen LogP contribution is 2.32. The van der Waals surface area contributed by atoms with Crippen LogP contribution in [-0.2, 0) is 9.53 Å². The van der Waals surface area contributed by atoms with Gasteiger partial charge < -0.3 is 9.64 Å². The summed E-state index contributed by atoms with van der Waals surface area (Å²) in [5.41, 5.74) is 1.78. The fourth-order valence-corrected chi connectivity index (χ4v) is 4.29. The lowest BCUT2D eigenvalue weighted by Crippen LogP contribution is -2.46. The quantitative estimate of drug-likeness (QED) is 0.578. The molecule has 0 radical (unpaired) electrons. The number of dihydropyridines is 1. The number of carbonyl (C=O) groups excluding carboxylic acids is 1. The van der Waals surface area contributed by atoms with Gasteiger partial charge in [-0.25, -0.2) is 4.99 Å². The number of allylic oxidation sites excluding steroid dienone is 4. The summed E-state index contributed by atoms with van der Waals surface area (Å²) < 4.78 is 5.86. The SMILES string of the molecule is O=C1C=CC2C=CC(OCCCCN3CCN(c4cccc(Cl)c4Cl)CC3)=CC2=N1. The van der Waals surface area contributed by atoms with Crippen molar-refractivity contribution in [2.45, 2.75) is 12.8 Å². The molecule has 1 aliphatic carbocycles. The van der Waals surface area contributed by atoms with Crippen LogP contribution in [0, 0.1) is 5.92 Å². The fourth-order valence-electron chi connectivity index (χ4n) is 3.87. The topological polar surface area (TPSA) is 45.1 Å². The van der Waals surface area contributed by atoms with Crippen molar-refractivity contribution in [2.75, 3.05) is 44.2 Å². The summed E-state index contributed by atoms with van der Waals surface area (Å²) >= 11 is 12.5. The van der Waals surface area contributed by atoms with E-state index in [9.17, 15) is 4.79 Å². The van der Waals surface area contributed by atoms with Crippen molar-refractivity contribution in [1.82, 2.24) is 4.90 Å². The molecule has 7 heteroatoms. The molecule has 2 aliphatic heterocycles. The van der Waals surface area contributed by atoms with Crippen molar-refractivity contribution in [3.05, 3.63) is 64.4 Å². The van der Waals surface area contributed by atoms with E-state index in [0.29, 0.717) is 16.7 Å². The molecule has 0 spiro atoms. The van der Waals surface area contributed by atoms with Crippen molar-refractivity contribution in [3.8, 4) is 0 Å². The van der Waals surface area contributed by atoms with Gasteiger partial charge in [0.25, 0.3) is 5.91 Å². The predicted octanol–water partition coefficient (Wildman–Crippen LogP) is 4.52. The zero-order chi connectivity index (χ0) is 20.9. The van der Waals surface area contributed by atoms with E-state index >= 15 is 0 Å². The molecule has 0 saturated carbocycles. The minimum atomic E-state index is -0.204. The fraction of sp³-hybridized carbons (Fsp3) is 0.391. The Morgan fingerprint density at radius 2 is 1.87 bits per heavy atom. The maximum atomic E-state index is 11.4. The molecular formula is C23H25Cl2N3O2. The first kappa shape index (κ1) is 21.2. The van der Waals surface area contributed by atoms with Crippen LogP contribution in [-0.4, -0.2) is 55.8 Å². The normalized spacial score (nSPS) is 21.3. The molecule has 1 saturated heterocycles. The Bertz CT molecular complexity index is 915. The number of piperazine rings is 1. The maximum absolute atomic E-state index is 11.4. The second-order valence-corrected chi connectivity index (χ2v) is 8.41. The van der Waals surface area contributed by atoms with E-state index in [4.69, 9.17) is 27.9 Å². The van der Waals surface area contributed by atoms with Crippen molar-refractivity contribution >= 4 is 40.5 Å². The third-order valence-corrected chi connectivity index (χ3v) is 6.38. The summed E-state index contributed by atoms with van der Waals surface area (Å²) in [5, 5.41) is 1.25. The Morgan fingerprint density at radius 1 is 1.07 bits per heavy atom. The number of fused-ring (bicyclic) bond motifs is 1. The van der Waals surface area contributed by atoms with Crippen LogP contribution in [0.5, 0.6) is 0 Å². The molecule has 1 atom stereocenters. The third kappa shape index (κ3) is 5.15. The molecule has 0 aromatic heterocycles. The van der Waals surface area contributed by atoms with Gasteiger partial charge in [-0.15, -0.1) is 0 Å². The summed E-state index contributed by atoms with van der Waals surface area (Å²) in [6, 6.07) is 5.80. The average Bonchev–Trinajstić information content (AvgIpc) is 2.76. The summed E-state index contributed by atoms with van der Waals surface area (Å²) in [6.45, 7) is 5.65. The molecule has 4 rings (SSSR count). The second-order valence-electron chi connectivity index (χ2n) is 7.62. The minimum absolute atomic E-state index is 0.0931. The number of hydrogen-bond donors (Lipinski definition) is 0.